The summed E-state index contributed by atoms with van der Waals surface area (Å²) in [6, 6.07) is 0. The first-order chi connectivity index (χ1) is 12.4. The SMILES string of the molecule is CCCCCCCCCCN1CCN(CCCCCCCCCC)C1. The summed E-state index contributed by atoms with van der Waals surface area (Å²) < 4.78 is 0. The minimum absolute atomic E-state index is 1.24. The Labute approximate surface area is 159 Å². The van der Waals surface area contributed by atoms with Gasteiger partial charge in [0.2, 0.25) is 0 Å². The maximum Gasteiger partial charge on any atom is 0.0507 e. The van der Waals surface area contributed by atoms with E-state index in [9.17, 15) is 0 Å². The summed E-state index contributed by atoms with van der Waals surface area (Å²) in [6.45, 7) is 11.1. The molecule has 0 aromatic heterocycles. The molecule has 1 aliphatic rings. The molecule has 0 N–H and O–H groups in total. The average molecular weight is 353 g/mol. The molecule has 0 spiro atoms. The van der Waals surface area contributed by atoms with Gasteiger partial charge in [-0.3, -0.25) is 9.80 Å². The van der Waals surface area contributed by atoms with Crippen molar-refractivity contribution in [2.24, 2.45) is 0 Å². The van der Waals surface area contributed by atoms with E-state index in [0.717, 1.165) is 0 Å². The van der Waals surface area contributed by atoms with Crippen LogP contribution in [0.5, 0.6) is 0 Å². The molecular weight excluding hydrogens is 304 g/mol. The summed E-state index contributed by atoms with van der Waals surface area (Å²) in [7, 11) is 0. The molecule has 1 rings (SSSR count). The van der Waals surface area contributed by atoms with Crippen LogP contribution in [0.25, 0.3) is 0 Å². The summed E-state index contributed by atoms with van der Waals surface area (Å²) in [6.07, 6.45) is 23.0. The lowest BCUT2D eigenvalue weighted by Crippen LogP contribution is -2.27. The third-order valence-corrected chi connectivity index (χ3v) is 5.79. The van der Waals surface area contributed by atoms with Crippen LogP contribution < -0.4 is 0 Å². The van der Waals surface area contributed by atoms with Crippen molar-refractivity contribution in [1.82, 2.24) is 9.80 Å². The zero-order chi connectivity index (χ0) is 18.0. The summed E-state index contributed by atoms with van der Waals surface area (Å²) in [5, 5.41) is 0. The molecule has 0 saturated carbocycles. The molecule has 1 fully saturated rings. The van der Waals surface area contributed by atoms with Crippen molar-refractivity contribution >= 4 is 0 Å². The van der Waals surface area contributed by atoms with Crippen LogP contribution in [-0.2, 0) is 0 Å². The van der Waals surface area contributed by atoms with Gasteiger partial charge in [-0.15, -0.1) is 0 Å². The van der Waals surface area contributed by atoms with Gasteiger partial charge in [-0.2, -0.15) is 0 Å². The summed E-state index contributed by atoms with van der Waals surface area (Å²) >= 11 is 0. The maximum absolute atomic E-state index is 2.68. The Morgan fingerprint density at radius 3 is 1.12 bits per heavy atom. The summed E-state index contributed by atoms with van der Waals surface area (Å²) in [5.74, 6) is 0. The van der Waals surface area contributed by atoms with Crippen molar-refractivity contribution in [3.8, 4) is 0 Å². The fourth-order valence-electron chi connectivity index (χ4n) is 4.01. The normalized spacial score (nSPS) is 16.1. The predicted octanol–water partition coefficient (Wildman–Crippen LogP) is 6.84. The van der Waals surface area contributed by atoms with Gasteiger partial charge in [-0.1, -0.05) is 104 Å². The molecule has 2 nitrogen and oxygen atoms in total. The molecule has 150 valence electrons. The van der Waals surface area contributed by atoms with Gasteiger partial charge in [0.05, 0.1) is 6.67 Å². The van der Waals surface area contributed by atoms with Crippen LogP contribution in [0, 0.1) is 0 Å². The monoisotopic (exact) mass is 352 g/mol. The van der Waals surface area contributed by atoms with Gasteiger partial charge in [0, 0.05) is 13.1 Å². The zero-order valence-electron chi connectivity index (χ0n) is 17.7. The van der Waals surface area contributed by atoms with Crippen molar-refractivity contribution in [1.29, 1.82) is 0 Å². The van der Waals surface area contributed by atoms with E-state index >= 15 is 0 Å². The Bertz CT molecular complexity index is 241. The molecule has 0 aromatic rings. The Kier molecular flexibility index (Phi) is 15.9. The minimum atomic E-state index is 1.24. The van der Waals surface area contributed by atoms with Gasteiger partial charge >= 0.3 is 0 Å². The van der Waals surface area contributed by atoms with Crippen molar-refractivity contribution in [3.05, 3.63) is 0 Å². The van der Waals surface area contributed by atoms with Crippen LogP contribution in [0.1, 0.15) is 117 Å². The molecule has 0 radical (unpaired) electrons. The Hall–Kier alpha value is -0.0800. The van der Waals surface area contributed by atoms with Crippen LogP contribution >= 0.6 is 0 Å². The van der Waals surface area contributed by atoms with E-state index in [-0.39, 0.29) is 0 Å². The van der Waals surface area contributed by atoms with Gasteiger partial charge in [0.25, 0.3) is 0 Å². The van der Waals surface area contributed by atoms with Crippen LogP contribution in [-0.4, -0.2) is 42.6 Å². The first-order valence-corrected chi connectivity index (χ1v) is 11.8. The van der Waals surface area contributed by atoms with Gasteiger partial charge < -0.3 is 0 Å². The Balaban J connectivity index is 1.83. The molecule has 1 saturated heterocycles. The van der Waals surface area contributed by atoms with E-state index in [2.05, 4.69) is 23.6 Å². The number of nitrogens with zero attached hydrogens (tertiary/aromatic N) is 2. The number of rotatable bonds is 18. The highest BCUT2D eigenvalue weighted by molar-refractivity contribution is 4.71. The molecule has 0 unspecified atom stereocenters. The molecule has 0 aromatic carbocycles. The van der Waals surface area contributed by atoms with E-state index in [4.69, 9.17) is 0 Å². The minimum Gasteiger partial charge on any atom is -0.289 e. The zero-order valence-corrected chi connectivity index (χ0v) is 17.7. The first-order valence-electron chi connectivity index (χ1n) is 11.8. The molecule has 0 amide bonds. The largest absolute Gasteiger partial charge is 0.289 e. The summed E-state index contributed by atoms with van der Waals surface area (Å²) in [4.78, 5) is 5.36. The van der Waals surface area contributed by atoms with Gasteiger partial charge in [-0.25, -0.2) is 0 Å². The van der Waals surface area contributed by atoms with Crippen LogP contribution in [0.2, 0.25) is 0 Å². The quantitative estimate of drug-likeness (QED) is 0.249. The Morgan fingerprint density at radius 2 is 0.760 bits per heavy atom. The van der Waals surface area contributed by atoms with Crippen LogP contribution in [0.3, 0.4) is 0 Å². The number of unbranched alkanes of at least 4 members (excludes halogenated alkanes) is 14. The van der Waals surface area contributed by atoms with Crippen molar-refractivity contribution in [2.45, 2.75) is 117 Å². The van der Waals surface area contributed by atoms with Gasteiger partial charge in [0.15, 0.2) is 0 Å². The molecule has 1 heterocycles. The lowest BCUT2D eigenvalue weighted by Gasteiger charge is -2.18. The molecule has 2 heteroatoms. The predicted molar refractivity (Wildman–Crippen MR) is 113 cm³/mol. The average Bonchev–Trinajstić information content (AvgIpc) is 3.07. The summed E-state index contributed by atoms with van der Waals surface area (Å²) in [5.41, 5.74) is 0. The number of hydrogen-bond acceptors (Lipinski definition) is 2. The smallest absolute Gasteiger partial charge is 0.0507 e. The molecule has 0 bridgehead atoms. The standard InChI is InChI=1S/C23H48N2/c1-3-5-7-9-11-13-15-17-19-24-21-22-25(23-24)20-18-16-14-12-10-8-6-4-2/h3-23H2,1-2H3. The maximum atomic E-state index is 2.68. The van der Waals surface area contributed by atoms with E-state index in [1.165, 1.54) is 136 Å². The highest BCUT2D eigenvalue weighted by Gasteiger charge is 2.18. The molecule has 25 heavy (non-hydrogen) atoms. The topological polar surface area (TPSA) is 6.48 Å². The molecule has 0 aliphatic carbocycles. The van der Waals surface area contributed by atoms with Crippen molar-refractivity contribution in [2.75, 3.05) is 32.8 Å². The molecular formula is C23H48N2. The second-order valence-corrected chi connectivity index (χ2v) is 8.33. The Morgan fingerprint density at radius 1 is 0.440 bits per heavy atom. The van der Waals surface area contributed by atoms with Gasteiger partial charge in [0.1, 0.15) is 0 Å². The van der Waals surface area contributed by atoms with Crippen LogP contribution in [0.4, 0.5) is 0 Å². The van der Waals surface area contributed by atoms with Gasteiger partial charge in [-0.05, 0) is 25.9 Å². The van der Waals surface area contributed by atoms with Crippen molar-refractivity contribution in [3.63, 3.8) is 0 Å². The number of hydrogen-bond donors (Lipinski definition) is 0. The fraction of sp³-hybridized carbons (Fsp3) is 1.00. The van der Waals surface area contributed by atoms with E-state index in [1.54, 1.807) is 0 Å². The fourth-order valence-corrected chi connectivity index (χ4v) is 4.01. The third-order valence-electron chi connectivity index (χ3n) is 5.79. The molecule has 0 atom stereocenters. The first kappa shape index (κ1) is 23.0. The highest BCUT2D eigenvalue weighted by Crippen LogP contribution is 2.13. The van der Waals surface area contributed by atoms with E-state index < -0.39 is 0 Å². The highest BCUT2D eigenvalue weighted by atomic mass is 15.4. The lowest BCUT2D eigenvalue weighted by atomic mass is 10.1. The van der Waals surface area contributed by atoms with Crippen LogP contribution in [0.15, 0.2) is 0 Å². The van der Waals surface area contributed by atoms with Crippen molar-refractivity contribution < 1.29 is 0 Å². The van der Waals surface area contributed by atoms with E-state index in [0.29, 0.717) is 0 Å². The molecule has 1 aliphatic heterocycles. The lowest BCUT2D eigenvalue weighted by molar-refractivity contribution is 0.238. The second kappa shape index (κ2) is 17.3. The third kappa shape index (κ3) is 13.7. The second-order valence-electron chi connectivity index (χ2n) is 8.33. The van der Waals surface area contributed by atoms with E-state index in [1.807, 2.05) is 0 Å².